The number of nitrogens with one attached hydrogen (secondary N) is 1. The van der Waals surface area contributed by atoms with Crippen LogP contribution in [0.15, 0.2) is 42.6 Å². The standard InChI is InChI=1S/C28H31ClF3N3O3/c1-38-21-2-3-25-22(15-21)27(23(29)17-34-25)24(32)4-5-28(16-26(36)37)6-9-35(10-7-28)11-8-33-20-13-18(30)12-19(31)14-20/h2-3,12-15,17,24,33H,4-11,16H2,1H3,(H,36,37). The van der Waals surface area contributed by atoms with Crippen molar-refractivity contribution in [2.75, 3.05) is 38.6 Å². The number of likely N-dealkylation sites (tertiary alicyclic amines) is 1. The van der Waals surface area contributed by atoms with Gasteiger partial charge in [-0.1, -0.05) is 11.6 Å². The first kappa shape index (κ1) is 28.0. The molecule has 4 rings (SSSR count). The van der Waals surface area contributed by atoms with Gasteiger partial charge >= 0.3 is 5.97 Å². The van der Waals surface area contributed by atoms with Gasteiger partial charge in [0.2, 0.25) is 0 Å². The van der Waals surface area contributed by atoms with Crippen LogP contribution in [-0.4, -0.2) is 54.2 Å². The van der Waals surface area contributed by atoms with E-state index < -0.39 is 29.2 Å². The van der Waals surface area contributed by atoms with Gasteiger partial charge in [0.25, 0.3) is 0 Å². The van der Waals surface area contributed by atoms with E-state index in [1.807, 2.05) is 0 Å². The number of aromatic nitrogens is 1. The molecule has 0 saturated carbocycles. The molecule has 1 aliphatic heterocycles. The van der Waals surface area contributed by atoms with E-state index in [-0.39, 0.29) is 17.9 Å². The summed E-state index contributed by atoms with van der Waals surface area (Å²) in [5.74, 6) is -1.62. The van der Waals surface area contributed by atoms with Gasteiger partial charge in [0.05, 0.1) is 24.1 Å². The number of piperidine rings is 1. The second-order valence-corrected chi connectivity index (χ2v) is 10.3. The largest absolute Gasteiger partial charge is 0.497 e. The summed E-state index contributed by atoms with van der Waals surface area (Å²) in [6.07, 6.45) is 1.77. The zero-order valence-electron chi connectivity index (χ0n) is 21.2. The Hall–Kier alpha value is -3.04. The fourth-order valence-electron chi connectivity index (χ4n) is 5.29. The third kappa shape index (κ3) is 6.88. The summed E-state index contributed by atoms with van der Waals surface area (Å²) in [4.78, 5) is 18.2. The molecular weight excluding hydrogens is 519 g/mol. The highest BCUT2D eigenvalue weighted by Gasteiger charge is 2.37. The highest BCUT2D eigenvalue weighted by atomic mass is 35.5. The number of carbonyl (C=O) groups is 1. The SMILES string of the molecule is COc1ccc2ncc(Cl)c(C(F)CCC3(CC(=O)O)CCN(CCNc4cc(F)cc(F)c4)CC3)c2c1. The van der Waals surface area contributed by atoms with E-state index in [1.54, 1.807) is 18.2 Å². The summed E-state index contributed by atoms with van der Waals surface area (Å²) < 4.78 is 47.8. The van der Waals surface area contributed by atoms with Gasteiger partial charge in [-0.15, -0.1) is 0 Å². The summed E-state index contributed by atoms with van der Waals surface area (Å²) in [6, 6.07) is 8.51. The second-order valence-electron chi connectivity index (χ2n) is 9.91. The molecule has 1 atom stereocenters. The molecule has 2 aromatic carbocycles. The molecule has 3 aromatic rings. The maximum Gasteiger partial charge on any atom is 0.303 e. The Morgan fingerprint density at radius 2 is 1.92 bits per heavy atom. The lowest BCUT2D eigenvalue weighted by molar-refractivity contribution is -0.141. The van der Waals surface area contributed by atoms with E-state index in [4.69, 9.17) is 16.3 Å². The first-order chi connectivity index (χ1) is 18.2. The molecule has 0 bridgehead atoms. The lowest BCUT2D eigenvalue weighted by Crippen LogP contribution is -2.43. The Morgan fingerprint density at radius 3 is 2.58 bits per heavy atom. The number of anilines is 1. The minimum absolute atomic E-state index is 0.0347. The van der Waals surface area contributed by atoms with Crippen LogP contribution in [0.4, 0.5) is 18.9 Å². The molecule has 38 heavy (non-hydrogen) atoms. The van der Waals surface area contributed by atoms with Crippen molar-refractivity contribution in [2.45, 2.75) is 38.3 Å². The number of methoxy groups -OCH3 is 1. The van der Waals surface area contributed by atoms with Crippen LogP contribution in [0.25, 0.3) is 10.9 Å². The molecule has 1 saturated heterocycles. The average Bonchev–Trinajstić information content (AvgIpc) is 2.87. The minimum atomic E-state index is -1.39. The van der Waals surface area contributed by atoms with Crippen LogP contribution >= 0.6 is 11.6 Å². The molecule has 0 spiro atoms. The number of pyridine rings is 1. The number of halogens is 4. The van der Waals surface area contributed by atoms with Gasteiger partial charge in [0.15, 0.2) is 0 Å². The van der Waals surface area contributed by atoms with Crippen LogP contribution in [0, 0.1) is 17.0 Å². The number of benzene rings is 2. The lowest BCUT2D eigenvalue weighted by atomic mass is 9.71. The van der Waals surface area contributed by atoms with E-state index in [1.165, 1.54) is 25.4 Å². The van der Waals surface area contributed by atoms with Crippen molar-refractivity contribution < 1.29 is 27.8 Å². The van der Waals surface area contributed by atoms with Crippen molar-refractivity contribution in [1.82, 2.24) is 9.88 Å². The number of alkyl halides is 1. The van der Waals surface area contributed by atoms with Gasteiger partial charge in [-0.3, -0.25) is 9.78 Å². The normalized spacial score (nSPS) is 16.3. The highest BCUT2D eigenvalue weighted by molar-refractivity contribution is 6.32. The zero-order chi connectivity index (χ0) is 27.3. The van der Waals surface area contributed by atoms with Crippen LogP contribution in [0.3, 0.4) is 0 Å². The van der Waals surface area contributed by atoms with Crippen LogP contribution in [0.5, 0.6) is 5.75 Å². The smallest absolute Gasteiger partial charge is 0.303 e. The molecular formula is C28H31ClF3N3O3. The number of ether oxygens (including phenoxy) is 1. The Kier molecular flexibility index (Phi) is 8.99. The zero-order valence-corrected chi connectivity index (χ0v) is 21.9. The predicted octanol–water partition coefficient (Wildman–Crippen LogP) is 6.63. The average molecular weight is 550 g/mol. The van der Waals surface area contributed by atoms with Crippen LogP contribution in [0.2, 0.25) is 5.02 Å². The molecule has 204 valence electrons. The Balaban J connectivity index is 1.38. The summed E-state index contributed by atoms with van der Waals surface area (Å²) in [7, 11) is 1.53. The summed E-state index contributed by atoms with van der Waals surface area (Å²) in [6.45, 7) is 2.42. The van der Waals surface area contributed by atoms with E-state index in [0.29, 0.717) is 73.3 Å². The predicted molar refractivity (Wildman–Crippen MR) is 142 cm³/mol. The van der Waals surface area contributed by atoms with Crippen molar-refractivity contribution in [3.05, 3.63) is 64.8 Å². The molecule has 1 fully saturated rings. The van der Waals surface area contributed by atoms with Crippen molar-refractivity contribution in [3.8, 4) is 5.75 Å². The summed E-state index contributed by atoms with van der Waals surface area (Å²) in [5, 5.41) is 13.4. The Morgan fingerprint density at radius 1 is 1.21 bits per heavy atom. The Labute approximate surface area is 224 Å². The van der Waals surface area contributed by atoms with Gasteiger partial charge < -0.3 is 20.1 Å². The molecule has 0 amide bonds. The molecule has 0 radical (unpaired) electrons. The fourth-order valence-corrected chi connectivity index (χ4v) is 5.56. The van der Waals surface area contributed by atoms with Gasteiger partial charge in [-0.2, -0.15) is 0 Å². The molecule has 1 unspecified atom stereocenters. The maximum atomic E-state index is 15.7. The van der Waals surface area contributed by atoms with Crippen LogP contribution < -0.4 is 10.1 Å². The number of nitrogens with zero attached hydrogens (tertiary/aromatic N) is 2. The Bertz CT molecular complexity index is 1260. The molecule has 2 N–H and O–H groups in total. The van der Waals surface area contributed by atoms with Gasteiger partial charge in [-0.25, -0.2) is 13.2 Å². The topological polar surface area (TPSA) is 74.7 Å². The van der Waals surface area contributed by atoms with Crippen LogP contribution in [0.1, 0.15) is 43.8 Å². The van der Waals surface area contributed by atoms with E-state index in [9.17, 15) is 18.7 Å². The fraction of sp³-hybridized carbons (Fsp3) is 0.429. The summed E-state index contributed by atoms with van der Waals surface area (Å²) >= 11 is 6.37. The first-order valence-electron chi connectivity index (χ1n) is 12.6. The van der Waals surface area contributed by atoms with Gasteiger partial charge in [0.1, 0.15) is 23.6 Å². The van der Waals surface area contributed by atoms with Crippen molar-refractivity contribution >= 4 is 34.2 Å². The monoisotopic (exact) mass is 549 g/mol. The van der Waals surface area contributed by atoms with Crippen molar-refractivity contribution in [2.24, 2.45) is 5.41 Å². The molecule has 0 aliphatic carbocycles. The summed E-state index contributed by atoms with van der Waals surface area (Å²) in [5.41, 5.74) is 0.793. The third-order valence-electron chi connectivity index (χ3n) is 7.37. The van der Waals surface area contributed by atoms with Gasteiger partial charge in [0, 0.05) is 42.0 Å². The molecule has 6 nitrogen and oxygen atoms in total. The van der Waals surface area contributed by atoms with Crippen LogP contribution in [-0.2, 0) is 4.79 Å². The number of rotatable bonds is 11. The van der Waals surface area contributed by atoms with Crippen molar-refractivity contribution in [3.63, 3.8) is 0 Å². The number of fused-ring (bicyclic) bond motifs is 1. The van der Waals surface area contributed by atoms with Gasteiger partial charge in [-0.05, 0) is 74.5 Å². The number of hydrogen-bond donors (Lipinski definition) is 2. The molecule has 10 heteroatoms. The van der Waals surface area contributed by atoms with E-state index in [0.717, 1.165) is 6.07 Å². The highest BCUT2D eigenvalue weighted by Crippen LogP contribution is 2.44. The molecule has 1 aliphatic rings. The van der Waals surface area contributed by atoms with Crippen molar-refractivity contribution in [1.29, 1.82) is 0 Å². The number of carboxylic acid groups (broad SMARTS) is 1. The molecule has 2 heterocycles. The lowest BCUT2D eigenvalue weighted by Gasteiger charge is -2.41. The third-order valence-corrected chi connectivity index (χ3v) is 7.67. The maximum absolute atomic E-state index is 15.7. The quantitative estimate of drug-likeness (QED) is 0.279. The second kappa shape index (κ2) is 12.2. The minimum Gasteiger partial charge on any atom is -0.497 e. The van der Waals surface area contributed by atoms with E-state index >= 15 is 4.39 Å². The first-order valence-corrected chi connectivity index (χ1v) is 13.0. The number of aliphatic carboxylic acids is 1. The number of carboxylic acids is 1. The number of hydrogen-bond acceptors (Lipinski definition) is 5. The molecule has 1 aromatic heterocycles. The van der Waals surface area contributed by atoms with E-state index in [2.05, 4.69) is 15.2 Å².